The van der Waals surface area contributed by atoms with Crippen molar-refractivity contribution in [2.75, 3.05) is 5.73 Å². The third kappa shape index (κ3) is 3.30. The Morgan fingerprint density at radius 1 is 1.25 bits per heavy atom. The standard InChI is InChI=1S/C22H25N5S/c1-14(27-7-6-18-21(23)24-12-25-22(18)27)2-3-15-8-17(9-15)10-16-4-5-19-20(11-16)28-13-26-19/h4-8,12-15,20H,2-3,9-11H2,1H3,(H2,23,24,25). The number of aliphatic imine (C=N–C) groups is 1. The van der Waals surface area contributed by atoms with Crippen LogP contribution < -0.4 is 5.73 Å². The summed E-state index contributed by atoms with van der Waals surface area (Å²) in [7, 11) is 0. The maximum absolute atomic E-state index is 5.95. The third-order valence-electron chi connectivity index (χ3n) is 6.11. The maximum Gasteiger partial charge on any atom is 0.145 e. The molecule has 2 aromatic heterocycles. The van der Waals surface area contributed by atoms with Gasteiger partial charge in [-0.2, -0.15) is 0 Å². The number of nitrogens with zero attached hydrogens (tertiary/aromatic N) is 4. The van der Waals surface area contributed by atoms with E-state index in [1.54, 1.807) is 17.5 Å². The second-order valence-corrected chi connectivity index (χ2v) is 9.14. The van der Waals surface area contributed by atoms with Gasteiger partial charge in [0.05, 0.1) is 21.9 Å². The lowest BCUT2D eigenvalue weighted by Gasteiger charge is -2.28. The number of allylic oxidation sites excluding steroid dienone is 5. The van der Waals surface area contributed by atoms with E-state index < -0.39 is 0 Å². The number of hydrogen-bond donors (Lipinski definition) is 1. The molecule has 28 heavy (non-hydrogen) atoms. The lowest BCUT2D eigenvalue weighted by Crippen LogP contribution is -2.15. The smallest absolute Gasteiger partial charge is 0.145 e. The van der Waals surface area contributed by atoms with Crippen LogP contribution >= 0.6 is 11.8 Å². The summed E-state index contributed by atoms with van der Waals surface area (Å²) in [5.74, 6) is 1.28. The van der Waals surface area contributed by atoms with E-state index in [0.29, 0.717) is 17.1 Å². The molecule has 2 N–H and O–H groups in total. The molecule has 144 valence electrons. The molecule has 5 nitrogen and oxygen atoms in total. The molecule has 0 saturated carbocycles. The van der Waals surface area contributed by atoms with Gasteiger partial charge in [-0.25, -0.2) is 9.97 Å². The van der Waals surface area contributed by atoms with Crippen LogP contribution in [0.25, 0.3) is 11.0 Å². The fraction of sp³-hybridized carbons (Fsp3) is 0.409. The van der Waals surface area contributed by atoms with E-state index in [4.69, 9.17) is 5.73 Å². The van der Waals surface area contributed by atoms with Crippen molar-refractivity contribution in [2.24, 2.45) is 10.9 Å². The molecule has 0 spiro atoms. The minimum Gasteiger partial charge on any atom is -0.383 e. The van der Waals surface area contributed by atoms with Crippen molar-refractivity contribution in [3.63, 3.8) is 0 Å². The highest BCUT2D eigenvalue weighted by Crippen LogP contribution is 2.40. The summed E-state index contributed by atoms with van der Waals surface area (Å²) >= 11 is 1.86. The Hall–Kier alpha value is -2.34. The van der Waals surface area contributed by atoms with Gasteiger partial charge in [0.1, 0.15) is 17.8 Å². The summed E-state index contributed by atoms with van der Waals surface area (Å²) in [4.78, 5) is 12.9. The van der Waals surface area contributed by atoms with Gasteiger partial charge in [-0.1, -0.05) is 23.3 Å². The molecule has 2 aromatic rings. The Kier molecular flexibility index (Phi) is 4.59. The van der Waals surface area contributed by atoms with Crippen molar-refractivity contribution in [2.45, 2.75) is 50.3 Å². The fourth-order valence-electron chi connectivity index (χ4n) is 4.45. The summed E-state index contributed by atoms with van der Waals surface area (Å²) in [6.45, 7) is 2.26. The first kappa shape index (κ1) is 17.7. The highest BCUT2D eigenvalue weighted by Gasteiger charge is 2.25. The summed E-state index contributed by atoms with van der Waals surface area (Å²) in [5.41, 5.74) is 13.3. The first-order valence-corrected chi connectivity index (χ1v) is 11.0. The summed E-state index contributed by atoms with van der Waals surface area (Å²) in [5, 5.41) is 1.51. The molecule has 0 saturated heterocycles. The molecule has 0 radical (unpaired) electrons. The SMILES string of the molecule is CC(CCC1C=C(CC2=CC=C3N=CSC3C2)C1)n1ccc2c(N)ncnc21. The minimum absolute atomic E-state index is 0.410. The Balaban J connectivity index is 1.15. The quantitative estimate of drug-likeness (QED) is 0.700. The lowest BCUT2D eigenvalue weighted by atomic mass is 9.79. The Morgan fingerprint density at radius 2 is 2.14 bits per heavy atom. The molecule has 2 aliphatic carbocycles. The number of nitrogen functional groups attached to an aromatic ring is 1. The van der Waals surface area contributed by atoms with Crippen LogP contribution in [0, 0.1) is 5.92 Å². The number of rotatable bonds is 6. The molecule has 6 heteroatoms. The zero-order valence-corrected chi connectivity index (χ0v) is 16.9. The van der Waals surface area contributed by atoms with Crippen molar-refractivity contribution in [3.8, 4) is 0 Å². The number of aromatic nitrogens is 3. The molecule has 5 rings (SSSR count). The van der Waals surface area contributed by atoms with E-state index in [0.717, 1.165) is 36.2 Å². The zero-order valence-electron chi connectivity index (χ0n) is 16.1. The van der Waals surface area contributed by atoms with E-state index in [1.807, 2.05) is 23.4 Å². The zero-order chi connectivity index (χ0) is 19.1. The van der Waals surface area contributed by atoms with Crippen LogP contribution in [0.5, 0.6) is 0 Å². The predicted octanol–water partition coefficient (Wildman–Crippen LogP) is 5.05. The van der Waals surface area contributed by atoms with Crippen LogP contribution in [0.2, 0.25) is 0 Å². The Morgan fingerprint density at radius 3 is 3.04 bits per heavy atom. The van der Waals surface area contributed by atoms with Gasteiger partial charge in [-0.15, -0.1) is 11.8 Å². The molecule has 3 aliphatic rings. The van der Waals surface area contributed by atoms with Gasteiger partial charge in [0, 0.05) is 12.2 Å². The third-order valence-corrected chi connectivity index (χ3v) is 7.08. The van der Waals surface area contributed by atoms with Crippen molar-refractivity contribution < 1.29 is 0 Å². The monoisotopic (exact) mass is 391 g/mol. The molecule has 0 amide bonds. The molecule has 3 unspecified atom stereocenters. The van der Waals surface area contributed by atoms with Gasteiger partial charge in [-0.3, -0.25) is 4.99 Å². The van der Waals surface area contributed by atoms with E-state index in [1.165, 1.54) is 18.5 Å². The van der Waals surface area contributed by atoms with Crippen LogP contribution in [-0.4, -0.2) is 25.3 Å². The van der Waals surface area contributed by atoms with Gasteiger partial charge in [0.2, 0.25) is 0 Å². The van der Waals surface area contributed by atoms with E-state index in [9.17, 15) is 0 Å². The highest BCUT2D eigenvalue weighted by molar-refractivity contribution is 8.13. The largest absolute Gasteiger partial charge is 0.383 e. The van der Waals surface area contributed by atoms with Crippen LogP contribution in [0.4, 0.5) is 5.82 Å². The minimum atomic E-state index is 0.410. The average Bonchev–Trinajstić information content (AvgIpc) is 3.30. The summed E-state index contributed by atoms with van der Waals surface area (Å²) in [6, 6.07) is 2.43. The van der Waals surface area contributed by atoms with Crippen molar-refractivity contribution in [3.05, 3.63) is 53.7 Å². The number of anilines is 1. The first-order chi connectivity index (χ1) is 13.7. The normalized spacial score (nSPS) is 24.4. The topological polar surface area (TPSA) is 69.1 Å². The number of fused-ring (bicyclic) bond motifs is 2. The molecular formula is C22H25N5S. The Labute approximate surface area is 169 Å². The van der Waals surface area contributed by atoms with Gasteiger partial charge < -0.3 is 10.3 Å². The predicted molar refractivity (Wildman–Crippen MR) is 117 cm³/mol. The molecule has 0 bridgehead atoms. The first-order valence-electron chi connectivity index (χ1n) is 10.0. The van der Waals surface area contributed by atoms with Crippen molar-refractivity contribution in [1.29, 1.82) is 0 Å². The molecule has 3 heterocycles. The van der Waals surface area contributed by atoms with E-state index >= 15 is 0 Å². The number of nitrogens with two attached hydrogens (primary N) is 1. The van der Waals surface area contributed by atoms with Crippen LogP contribution in [-0.2, 0) is 0 Å². The second-order valence-electron chi connectivity index (χ2n) is 8.09. The van der Waals surface area contributed by atoms with Crippen LogP contribution in [0.3, 0.4) is 0 Å². The molecule has 1 aliphatic heterocycles. The van der Waals surface area contributed by atoms with Gasteiger partial charge >= 0.3 is 0 Å². The number of hydrogen-bond acceptors (Lipinski definition) is 5. The second kappa shape index (κ2) is 7.24. The van der Waals surface area contributed by atoms with Gasteiger partial charge in [0.15, 0.2) is 0 Å². The maximum atomic E-state index is 5.95. The molecule has 0 fully saturated rings. The van der Waals surface area contributed by atoms with Crippen LogP contribution in [0.1, 0.15) is 45.1 Å². The van der Waals surface area contributed by atoms with Gasteiger partial charge in [-0.05, 0) is 57.1 Å². The van der Waals surface area contributed by atoms with Crippen molar-refractivity contribution in [1.82, 2.24) is 14.5 Å². The van der Waals surface area contributed by atoms with Crippen LogP contribution in [0.15, 0.2) is 58.7 Å². The summed E-state index contributed by atoms with van der Waals surface area (Å²) in [6.07, 6.45) is 16.5. The molecular weight excluding hydrogens is 366 g/mol. The average molecular weight is 392 g/mol. The van der Waals surface area contributed by atoms with E-state index in [-0.39, 0.29) is 0 Å². The van der Waals surface area contributed by atoms with E-state index in [2.05, 4.69) is 50.9 Å². The highest BCUT2D eigenvalue weighted by atomic mass is 32.2. The number of thioether (sulfide) groups is 1. The fourth-order valence-corrected chi connectivity index (χ4v) is 5.37. The Bertz CT molecular complexity index is 1030. The lowest BCUT2D eigenvalue weighted by molar-refractivity contribution is 0.426. The van der Waals surface area contributed by atoms with Crippen molar-refractivity contribution >= 4 is 34.2 Å². The van der Waals surface area contributed by atoms with Gasteiger partial charge in [0.25, 0.3) is 0 Å². The molecule has 0 aromatic carbocycles. The molecule has 3 atom stereocenters. The summed E-state index contributed by atoms with van der Waals surface area (Å²) < 4.78 is 2.23.